The molecule has 0 saturated carbocycles. The van der Waals surface area contributed by atoms with Gasteiger partial charge < -0.3 is 14.8 Å². The third-order valence-electron chi connectivity index (χ3n) is 3.55. The average Bonchev–Trinajstić information content (AvgIpc) is 2.85. The summed E-state index contributed by atoms with van der Waals surface area (Å²) in [4.78, 5) is 0. The number of ether oxygens (including phenoxy) is 2. The van der Waals surface area contributed by atoms with Gasteiger partial charge in [-0.3, -0.25) is 0 Å². The van der Waals surface area contributed by atoms with Crippen LogP contribution in [0.3, 0.4) is 0 Å². The third-order valence-corrected chi connectivity index (χ3v) is 3.77. The van der Waals surface area contributed by atoms with Crippen molar-refractivity contribution in [1.82, 2.24) is 5.32 Å². The molecule has 2 heterocycles. The molecule has 4 heteroatoms. The molecule has 1 N–H and O–H groups in total. The van der Waals surface area contributed by atoms with E-state index < -0.39 is 0 Å². The lowest BCUT2D eigenvalue weighted by molar-refractivity contribution is 0.0244. The molecule has 0 unspecified atom stereocenters. The van der Waals surface area contributed by atoms with Crippen LogP contribution in [0.5, 0.6) is 5.75 Å². The van der Waals surface area contributed by atoms with Gasteiger partial charge in [-0.2, -0.15) is 0 Å². The quantitative estimate of drug-likeness (QED) is 0.913. The van der Waals surface area contributed by atoms with E-state index in [1.807, 2.05) is 12.1 Å². The molecule has 3 nitrogen and oxygen atoms in total. The Balaban J connectivity index is 1.68. The summed E-state index contributed by atoms with van der Waals surface area (Å²) in [6, 6.07) is 3.96. The smallest absolute Gasteiger partial charge is 0.128 e. The molecule has 2 aliphatic heterocycles. The van der Waals surface area contributed by atoms with Gasteiger partial charge in [0.15, 0.2) is 0 Å². The van der Waals surface area contributed by atoms with Gasteiger partial charge in [-0.05, 0) is 37.1 Å². The Hall–Kier alpha value is -0.770. The minimum Gasteiger partial charge on any atom is -0.493 e. The van der Waals surface area contributed by atoms with E-state index >= 15 is 0 Å². The Labute approximate surface area is 112 Å². The number of hydrogen-bond donors (Lipinski definition) is 1. The van der Waals surface area contributed by atoms with Crippen LogP contribution >= 0.6 is 11.6 Å². The van der Waals surface area contributed by atoms with Gasteiger partial charge >= 0.3 is 0 Å². The summed E-state index contributed by atoms with van der Waals surface area (Å²) in [6.45, 7) is 3.40. The molecule has 1 aromatic rings. The monoisotopic (exact) mass is 267 g/mol. The van der Waals surface area contributed by atoms with Crippen LogP contribution in [0, 0.1) is 0 Å². The van der Waals surface area contributed by atoms with Crippen LogP contribution in [0.25, 0.3) is 0 Å². The maximum Gasteiger partial charge on any atom is 0.128 e. The van der Waals surface area contributed by atoms with E-state index in [0.29, 0.717) is 12.7 Å². The standard InChI is InChI=1S/C14H18ClNO2/c15-12-6-10-3-5-17-14(10)11(7-12)9-18-13-2-1-4-16-8-13/h6-7,13,16H,1-5,8-9H2/t13-/m0/s1. The van der Waals surface area contributed by atoms with E-state index in [0.717, 1.165) is 48.9 Å². The summed E-state index contributed by atoms with van der Waals surface area (Å²) in [5.74, 6) is 0.989. The first-order chi connectivity index (χ1) is 8.83. The first-order valence-electron chi connectivity index (χ1n) is 6.59. The maximum atomic E-state index is 6.13. The van der Waals surface area contributed by atoms with Gasteiger partial charge in [0.2, 0.25) is 0 Å². The van der Waals surface area contributed by atoms with Gasteiger partial charge in [-0.25, -0.2) is 0 Å². The number of rotatable bonds is 3. The number of fused-ring (bicyclic) bond motifs is 1. The zero-order chi connectivity index (χ0) is 12.4. The highest BCUT2D eigenvalue weighted by Crippen LogP contribution is 2.33. The molecule has 3 rings (SSSR count). The van der Waals surface area contributed by atoms with Crippen molar-refractivity contribution >= 4 is 11.6 Å². The predicted octanol–water partition coefficient (Wildman–Crippen LogP) is 2.54. The lowest BCUT2D eigenvalue weighted by Crippen LogP contribution is -2.35. The second kappa shape index (κ2) is 5.47. The Kier molecular flexibility index (Phi) is 3.73. The molecule has 1 aromatic carbocycles. The molecule has 1 saturated heterocycles. The SMILES string of the molecule is Clc1cc2c(c(CO[C@H]3CCCNC3)c1)OCC2. The molecule has 18 heavy (non-hydrogen) atoms. The molecule has 2 aliphatic rings. The predicted molar refractivity (Wildman–Crippen MR) is 71.3 cm³/mol. The van der Waals surface area contributed by atoms with Gasteiger partial charge in [0, 0.05) is 23.6 Å². The number of hydrogen-bond acceptors (Lipinski definition) is 3. The van der Waals surface area contributed by atoms with Crippen LogP contribution in [0.4, 0.5) is 0 Å². The number of piperidine rings is 1. The second-order valence-electron chi connectivity index (χ2n) is 4.93. The Morgan fingerprint density at radius 3 is 3.22 bits per heavy atom. The largest absolute Gasteiger partial charge is 0.493 e. The van der Waals surface area contributed by atoms with Crippen molar-refractivity contribution in [1.29, 1.82) is 0 Å². The fourth-order valence-electron chi connectivity index (χ4n) is 2.62. The van der Waals surface area contributed by atoms with Gasteiger partial charge in [0.05, 0.1) is 19.3 Å². The first-order valence-corrected chi connectivity index (χ1v) is 6.97. The maximum absolute atomic E-state index is 6.13. The van der Waals surface area contributed by atoms with Crippen LogP contribution in [0.15, 0.2) is 12.1 Å². The summed E-state index contributed by atoms with van der Waals surface area (Å²) >= 11 is 6.13. The van der Waals surface area contributed by atoms with Gasteiger partial charge in [0.1, 0.15) is 5.75 Å². The van der Waals surface area contributed by atoms with Crippen molar-refractivity contribution in [2.24, 2.45) is 0 Å². The molecule has 0 aliphatic carbocycles. The van der Waals surface area contributed by atoms with E-state index in [1.165, 1.54) is 12.0 Å². The summed E-state index contributed by atoms with van der Waals surface area (Å²) in [5.41, 5.74) is 2.29. The number of nitrogens with one attached hydrogen (secondary N) is 1. The molecule has 0 bridgehead atoms. The highest BCUT2D eigenvalue weighted by Gasteiger charge is 2.19. The van der Waals surface area contributed by atoms with E-state index in [2.05, 4.69) is 5.32 Å². The van der Waals surface area contributed by atoms with E-state index in [-0.39, 0.29) is 0 Å². The lowest BCUT2D eigenvalue weighted by atomic mass is 10.1. The Morgan fingerprint density at radius 1 is 1.44 bits per heavy atom. The van der Waals surface area contributed by atoms with Crippen LogP contribution in [0.1, 0.15) is 24.0 Å². The van der Waals surface area contributed by atoms with Crippen molar-refractivity contribution in [2.45, 2.75) is 32.0 Å². The fraction of sp³-hybridized carbons (Fsp3) is 0.571. The van der Waals surface area contributed by atoms with E-state index in [9.17, 15) is 0 Å². The fourth-order valence-corrected chi connectivity index (χ4v) is 2.89. The van der Waals surface area contributed by atoms with Crippen LogP contribution in [0.2, 0.25) is 5.02 Å². The molecular formula is C14H18ClNO2. The van der Waals surface area contributed by atoms with Gasteiger partial charge in [0.25, 0.3) is 0 Å². The normalized spacial score (nSPS) is 22.6. The molecule has 98 valence electrons. The van der Waals surface area contributed by atoms with Crippen molar-refractivity contribution in [3.05, 3.63) is 28.3 Å². The van der Waals surface area contributed by atoms with Crippen LogP contribution in [-0.2, 0) is 17.8 Å². The third kappa shape index (κ3) is 2.63. The van der Waals surface area contributed by atoms with Crippen molar-refractivity contribution < 1.29 is 9.47 Å². The van der Waals surface area contributed by atoms with Crippen LogP contribution in [-0.4, -0.2) is 25.8 Å². The summed E-state index contributed by atoms with van der Waals surface area (Å²) in [6.07, 6.45) is 3.59. The molecule has 0 radical (unpaired) electrons. The molecule has 0 spiro atoms. The first kappa shape index (κ1) is 12.3. The molecule has 1 atom stereocenters. The topological polar surface area (TPSA) is 30.5 Å². The number of halogens is 1. The Morgan fingerprint density at radius 2 is 2.39 bits per heavy atom. The molecule has 1 fully saturated rings. The molecular weight excluding hydrogens is 250 g/mol. The van der Waals surface area contributed by atoms with Crippen molar-refractivity contribution in [2.75, 3.05) is 19.7 Å². The van der Waals surface area contributed by atoms with Crippen molar-refractivity contribution in [3.8, 4) is 5.75 Å². The highest BCUT2D eigenvalue weighted by atomic mass is 35.5. The van der Waals surface area contributed by atoms with E-state index in [1.54, 1.807) is 0 Å². The summed E-state index contributed by atoms with van der Waals surface area (Å²) in [5, 5.41) is 4.13. The van der Waals surface area contributed by atoms with E-state index in [4.69, 9.17) is 21.1 Å². The zero-order valence-corrected chi connectivity index (χ0v) is 11.1. The molecule has 0 amide bonds. The lowest BCUT2D eigenvalue weighted by Gasteiger charge is -2.23. The summed E-state index contributed by atoms with van der Waals surface area (Å²) in [7, 11) is 0. The minimum absolute atomic E-state index is 0.315. The summed E-state index contributed by atoms with van der Waals surface area (Å²) < 4.78 is 11.6. The van der Waals surface area contributed by atoms with Crippen LogP contribution < -0.4 is 10.1 Å². The highest BCUT2D eigenvalue weighted by molar-refractivity contribution is 6.30. The Bertz CT molecular complexity index is 430. The van der Waals surface area contributed by atoms with Crippen molar-refractivity contribution in [3.63, 3.8) is 0 Å². The molecule has 0 aromatic heterocycles. The second-order valence-corrected chi connectivity index (χ2v) is 5.37. The number of benzene rings is 1. The van der Waals surface area contributed by atoms with Gasteiger partial charge in [-0.15, -0.1) is 0 Å². The minimum atomic E-state index is 0.315. The van der Waals surface area contributed by atoms with Gasteiger partial charge in [-0.1, -0.05) is 11.6 Å². The zero-order valence-electron chi connectivity index (χ0n) is 10.4. The average molecular weight is 268 g/mol.